The lowest BCUT2D eigenvalue weighted by atomic mass is 10.0. The molecule has 0 saturated carbocycles. The largest absolute Gasteiger partial charge is 0.433 e. The van der Waals surface area contributed by atoms with Gasteiger partial charge in [0.2, 0.25) is 0 Å². The number of rotatable bonds is 5. The maximum Gasteiger partial charge on any atom is 0.298 e. The van der Waals surface area contributed by atoms with E-state index in [4.69, 9.17) is 4.74 Å². The van der Waals surface area contributed by atoms with Gasteiger partial charge in [-0.05, 0) is 18.4 Å². The second-order valence-electron chi connectivity index (χ2n) is 3.34. The normalized spacial score (nSPS) is 14.6. The second kappa shape index (κ2) is 5.81. The molecule has 0 aromatic heterocycles. The third kappa shape index (κ3) is 4.16. The molecule has 0 radical (unpaired) electrons. The van der Waals surface area contributed by atoms with Crippen molar-refractivity contribution in [2.75, 3.05) is 0 Å². The average Bonchev–Trinajstić information content (AvgIpc) is 2.01. The highest BCUT2D eigenvalue weighted by atomic mass is 16.5. The van der Waals surface area contributed by atoms with E-state index in [1.165, 1.54) is 0 Å². The maximum absolute atomic E-state index is 10.2. The van der Waals surface area contributed by atoms with Crippen molar-refractivity contribution in [1.82, 2.24) is 0 Å². The van der Waals surface area contributed by atoms with Crippen molar-refractivity contribution >= 4 is 6.47 Å². The first-order chi connectivity index (χ1) is 5.61. The van der Waals surface area contributed by atoms with Crippen LogP contribution in [0.25, 0.3) is 0 Å². The van der Waals surface area contributed by atoms with E-state index in [-0.39, 0.29) is 0 Å². The van der Waals surface area contributed by atoms with E-state index >= 15 is 0 Å². The van der Waals surface area contributed by atoms with E-state index in [2.05, 4.69) is 27.7 Å². The molecule has 2 nitrogen and oxygen atoms in total. The quantitative estimate of drug-likeness (QED) is 0.468. The minimum Gasteiger partial charge on any atom is -0.433 e. The van der Waals surface area contributed by atoms with Crippen LogP contribution in [0.5, 0.6) is 0 Å². The molecule has 12 heavy (non-hydrogen) atoms. The fraction of sp³-hybridized carbons (Fsp3) is 0.700. The maximum atomic E-state index is 10.2. The molecule has 0 N–H and O–H groups in total. The number of hydrogen-bond donors (Lipinski definition) is 0. The highest BCUT2D eigenvalue weighted by Crippen LogP contribution is 2.16. The molecular weight excluding hydrogens is 152 g/mol. The van der Waals surface area contributed by atoms with Crippen LogP contribution < -0.4 is 0 Å². The molecule has 0 aliphatic heterocycles. The standard InChI is InChI=1S/C10H18O2/c1-5-9(4)10(12-7-11)6-8(2)3/h6-9H,5H2,1-4H3. The van der Waals surface area contributed by atoms with E-state index in [9.17, 15) is 4.79 Å². The van der Waals surface area contributed by atoms with Crippen LogP contribution in [-0.2, 0) is 9.53 Å². The highest BCUT2D eigenvalue weighted by molar-refractivity contribution is 5.40. The van der Waals surface area contributed by atoms with Gasteiger partial charge in [0.15, 0.2) is 0 Å². The summed E-state index contributed by atoms with van der Waals surface area (Å²) in [6.45, 7) is 8.76. The topological polar surface area (TPSA) is 26.3 Å². The van der Waals surface area contributed by atoms with Crippen molar-refractivity contribution in [3.05, 3.63) is 11.8 Å². The molecule has 0 aliphatic rings. The van der Waals surface area contributed by atoms with Gasteiger partial charge in [0, 0.05) is 5.92 Å². The Hall–Kier alpha value is -0.790. The predicted molar refractivity (Wildman–Crippen MR) is 49.5 cm³/mol. The van der Waals surface area contributed by atoms with Gasteiger partial charge in [-0.25, -0.2) is 0 Å². The van der Waals surface area contributed by atoms with Crippen LogP contribution in [0.15, 0.2) is 11.8 Å². The average molecular weight is 170 g/mol. The Labute approximate surface area is 74.6 Å². The summed E-state index contributed by atoms with van der Waals surface area (Å²) in [4.78, 5) is 10.2. The molecule has 0 fully saturated rings. The van der Waals surface area contributed by atoms with Crippen molar-refractivity contribution in [2.45, 2.75) is 34.1 Å². The fourth-order valence-corrected chi connectivity index (χ4v) is 0.905. The zero-order valence-corrected chi connectivity index (χ0v) is 8.33. The molecule has 0 spiro atoms. The summed E-state index contributed by atoms with van der Waals surface area (Å²) in [6.07, 6.45) is 2.98. The van der Waals surface area contributed by atoms with Crippen molar-refractivity contribution in [3.63, 3.8) is 0 Å². The van der Waals surface area contributed by atoms with Gasteiger partial charge < -0.3 is 4.74 Å². The van der Waals surface area contributed by atoms with Crippen LogP contribution in [0.1, 0.15) is 34.1 Å². The highest BCUT2D eigenvalue weighted by Gasteiger charge is 2.07. The number of hydrogen-bond acceptors (Lipinski definition) is 2. The van der Waals surface area contributed by atoms with Gasteiger partial charge in [-0.1, -0.05) is 27.7 Å². The summed E-state index contributed by atoms with van der Waals surface area (Å²) < 4.78 is 4.89. The molecule has 1 unspecified atom stereocenters. The fourth-order valence-electron chi connectivity index (χ4n) is 0.905. The van der Waals surface area contributed by atoms with Gasteiger partial charge >= 0.3 is 0 Å². The van der Waals surface area contributed by atoms with Gasteiger partial charge in [-0.15, -0.1) is 0 Å². The monoisotopic (exact) mass is 170 g/mol. The molecule has 0 saturated heterocycles. The summed E-state index contributed by atoms with van der Waals surface area (Å²) in [5.41, 5.74) is 0. The summed E-state index contributed by atoms with van der Waals surface area (Å²) in [5, 5.41) is 0. The molecule has 2 heteroatoms. The Morgan fingerprint density at radius 3 is 2.33 bits per heavy atom. The summed E-state index contributed by atoms with van der Waals surface area (Å²) >= 11 is 0. The zero-order valence-electron chi connectivity index (χ0n) is 8.33. The molecule has 0 aromatic carbocycles. The van der Waals surface area contributed by atoms with Crippen LogP contribution in [0.2, 0.25) is 0 Å². The minimum absolute atomic E-state index is 0.331. The number of ether oxygens (including phenoxy) is 1. The summed E-state index contributed by atoms with van der Waals surface area (Å²) in [7, 11) is 0. The Bertz CT molecular complexity index is 159. The van der Waals surface area contributed by atoms with E-state index in [1.54, 1.807) is 0 Å². The van der Waals surface area contributed by atoms with Crippen molar-refractivity contribution in [1.29, 1.82) is 0 Å². The Kier molecular flexibility index (Phi) is 5.43. The van der Waals surface area contributed by atoms with E-state index < -0.39 is 0 Å². The molecule has 0 rings (SSSR count). The molecule has 0 aromatic rings. The van der Waals surface area contributed by atoms with Crippen LogP contribution in [0.3, 0.4) is 0 Å². The number of carbonyl (C=O) groups is 1. The Morgan fingerprint density at radius 2 is 2.00 bits per heavy atom. The van der Waals surface area contributed by atoms with E-state index in [1.807, 2.05) is 6.08 Å². The van der Waals surface area contributed by atoms with Gasteiger partial charge in [0.1, 0.15) is 5.76 Å². The molecule has 0 aliphatic carbocycles. The van der Waals surface area contributed by atoms with E-state index in [0.717, 1.165) is 12.2 Å². The van der Waals surface area contributed by atoms with Crippen molar-refractivity contribution in [2.24, 2.45) is 11.8 Å². The molecule has 0 bridgehead atoms. The van der Waals surface area contributed by atoms with E-state index in [0.29, 0.717) is 18.3 Å². The zero-order chi connectivity index (χ0) is 9.56. The molecular formula is C10H18O2. The molecule has 0 heterocycles. The van der Waals surface area contributed by atoms with Gasteiger partial charge in [-0.2, -0.15) is 0 Å². The SMILES string of the molecule is CCC(C)C(=CC(C)C)OC=O. The summed E-state index contributed by atoms with van der Waals surface area (Å²) in [5.74, 6) is 1.55. The number of carbonyl (C=O) groups excluding carboxylic acids is 1. The van der Waals surface area contributed by atoms with Crippen LogP contribution in [0.4, 0.5) is 0 Å². The van der Waals surface area contributed by atoms with Crippen molar-refractivity contribution < 1.29 is 9.53 Å². The molecule has 1 atom stereocenters. The first-order valence-electron chi connectivity index (χ1n) is 4.43. The first-order valence-corrected chi connectivity index (χ1v) is 4.43. The third-order valence-corrected chi connectivity index (χ3v) is 1.78. The first kappa shape index (κ1) is 11.2. The number of allylic oxidation sites excluding steroid dienone is 2. The predicted octanol–water partition coefficient (Wildman–Crippen LogP) is 2.75. The lowest BCUT2D eigenvalue weighted by Gasteiger charge is -2.12. The van der Waals surface area contributed by atoms with Crippen LogP contribution >= 0.6 is 0 Å². The Morgan fingerprint density at radius 1 is 1.42 bits per heavy atom. The smallest absolute Gasteiger partial charge is 0.298 e. The lowest BCUT2D eigenvalue weighted by molar-refractivity contribution is -0.125. The van der Waals surface area contributed by atoms with Crippen molar-refractivity contribution in [3.8, 4) is 0 Å². The van der Waals surface area contributed by atoms with Crippen LogP contribution in [-0.4, -0.2) is 6.47 Å². The summed E-state index contributed by atoms with van der Waals surface area (Å²) in [6, 6.07) is 0. The van der Waals surface area contributed by atoms with Gasteiger partial charge in [-0.3, -0.25) is 4.79 Å². The Balaban J connectivity index is 4.30. The second-order valence-corrected chi connectivity index (χ2v) is 3.34. The molecule has 0 amide bonds. The third-order valence-electron chi connectivity index (χ3n) is 1.78. The minimum atomic E-state index is 0.331. The van der Waals surface area contributed by atoms with Gasteiger partial charge in [0.05, 0.1) is 0 Å². The lowest BCUT2D eigenvalue weighted by Crippen LogP contribution is -2.03. The molecule has 70 valence electrons. The van der Waals surface area contributed by atoms with Crippen LogP contribution in [0, 0.1) is 11.8 Å². The van der Waals surface area contributed by atoms with Gasteiger partial charge in [0.25, 0.3) is 6.47 Å².